The molecule has 0 unspecified atom stereocenters. The largest absolute Gasteiger partial charge is 0.480 e. The quantitative estimate of drug-likeness (QED) is 0.837. The smallest absolute Gasteiger partial charge is 0.317 e. The number of hydrogen-bond donors (Lipinski definition) is 2. The third kappa shape index (κ3) is 3.54. The number of hydrogen-bond acceptors (Lipinski definition) is 4. The molecule has 1 saturated heterocycles. The van der Waals surface area contributed by atoms with E-state index < -0.39 is 5.97 Å². The van der Waals surface area contributed by atoms with Crippen LogP contribution < -0.4 is 10.2 Å². The summed E-state index contributed by atoms with van der Waals surface area (Å²) in [5.41, 5.74) is 2.03. The highest BCUT2D eigenvalue weighted by molar-refractivity contribution is 5.96. The maximum absolute atomic E-state index is 12.6. The zero-order chi connectivity index (χ0) is 16.4. The van der Waals surface area contributed by atoms with E-state index in [0.29, 0.717) is 13.1 Å². The Morgan fingerprint density at radius 3 is 2.87 bits per heavy atom. The van der Waals surface area contributed by atoms with Gasteiger partial charge in [0.25, 0.3) is 0 Å². The number of carboxylic acids is 1. The molecule has 0 aromatic heterocycles. The number of anilines is 1. The Labute approximate surface area is 136 Å². The minimum absolute atomic E-state index is 0.0439. The number of nitrogens with zero attached hydrogens (tertiary/aromatic N) is 2. The van der Waals surface area contributed by atoms with Crippen molar-refractivity contribution in [2.75, 3.05) is 37.6 Å². The Morgan fingerprint density at radius 2 is 2.09 bits per heavy atom. The van der Waals surface area contributed by atoms with Crippen molar-refractivity contribution in [3.05, 3.63) is 29.8 Å². The van der Waals surface area contributed by atoms with Crippen molar-refractivity contribution in [1.29, 1.82) is 0 Å². The predicted molar refractivity (Wildman–Crippen MR) is 87.6 cm³/mol. The Kier molecular flexibility index (Phi) is 4.37. The first kappa shape index (κ1) is 16.0. The van der Waals surface area contributed by atoms with E-state index in [1.807, 2.05) is 30.0 Å². The fourth-order valence-electron chi connectivity index (χ4n) is 3.50. The molecule has 1 aromatic carbocycles. The van der Waals surface area contributed by atoms with Crippen LogP contribution in [0.5, 0.6) is 0 Å². The molecule has 0 radical (unpaired) electrons. The van der Waals surface area contributed by atoms with Gasteiger partial charge < -0.3 is 15.3 Å². The van der Waals surface area contributed by atoms with Gasteiger partial charge in [-0.05, 0) is 31.4 Å². The molecule has 0 saturated carbocycles. The van der Waals surface area contributed by atoms with Crippen LogP contribution in [0.2, 0.25) is 0 Å². The Bertz CT molecular complexity index is 619. The maximum atomic E-state index is 12.6. The number of aliphatic carboxylic acids is 1. The van der Waals surface area contributed by atoms with E-state index in [4.69, 9.17) is 5.11 Å². The lowest BCUT2D eigenvalue weighted by Gasteiger charge is -2.26. The average molecular weight is 317 g/mol. The SMILES string of the molecule is C[C@@]1(NCC(=O)O)CCN(CC(=O)N2CCc3ccccc32)C1. The van der Waals surface area contributed by atoms with E-state index in [0.717, 1.165) is 31.6 Å². The van der Waals surface area contributed by atoms with Crippen LogP contribution in [0.15, 0.2) is 24.3 Å². The minimum Gasteiger partial charge on any atom is -0.480 e. The van der Waals surface area contributed by atoms with E-state index in [1.54, 1.807) is 0 Å². The van der Waals surface area contributed by atoms with Gasteiger partial charge in [-0.25, -0.2) is 0 Å². The van der Waals surface area contributed by atoms with Crippen molar-refractivity contribution in [1.82, 2.24) is 10.2 Å². The van der Waals surface area contributed by atoms with Gasteiger partial charge in [0, 0.05) is 30.9 Å². The second kappa shape index (κ2) is 6.29. The number of fused-ring (bicyclic) bond motifs is 1. The average Bonchev–Trinajstić information content (AvgIpc) is 3.10. The molecular weight excluding hydrogens is 294 g/mol. The van der Waals surface area contributed by atoms with Crippen molar-refractivity contribution in [2.45, 2.75) is 25.3 Å². The second-order valence-electron chi connectivity index (χ2n) is 6.69. The number of para-hydroxylation sites is 1. The summed E-state index contributed by atoms with van der Waals surface area (Å²) < 4.78 is 0. The fraction of sp³-hybridized carbons (Fsp3) is 0.529. The lowest BCUT2D eigenvalue weighted by atomic mass is 10.0. The topological polar surface area (TPSA) is 72.9 Å². The minimum atomic E-state index is -0.852. The van der Waals surface area contributed by atoms with Gasteiger partial charge in [-0.1, -0.05) is 18.2 Å². The summed E-state index contributed by atoms with van der Waals surface area (Å²) >= 11 is 0. The molecule has 2 N–H and O–H groups in total. The molecule has 124 valence electrons. The summed E-state index contributed by atoms with van der Waals surface area (Å²) in [6.07, 6.45) is 1.77. The monoisotopic (exact) mass is 317 g/mol. The van der Waals surface area contributed by atoms with Crippen LogP contribution in [0.3, 0.4) is 0 Å². The number of carbonyl (C=O) groups excluding carboxylic acids is 1. The molecule has 2 heterocycles. The highest BCUT2D eigenvalue weighted by Gasteiger charge is 2.35. The third-order valence-corrected chi connectivity index (χ3v) is 4.77. The standard InChI is InChI=1S/C17H23N3O3/c1-17(18-10-16(22)23)7-9-19(12-17)11-15(21)20-8-6-13-4-2-3-5-14(13)20/h2-5,18H,6-12H2,1H3,(H,22,23)/t17-/m1/s1. The van der Waals surface area contributed by atoms with Crippen LogP contribution in [0, 0.1) is 0 Å². The van der Waals surface area contributed by atoms with Gasteiger partial charge in [-0.3, -0.25) is 14.5 Å². The van der Waals surface area contributed by atoms with E-state index in [2.05, 4.69) is 16.3 Å². The molecule has 6 heteroatoms. The predicted octanol–water partition coefficient (Wildman–Crippen LogP) is 0.714. The van der Waals surface area contributed by atoms with Crippen LogP contribution in [0.1, 0.15) is 18.9 Å². The van der Waals surface area contributed by atoms with E-state index in [-0.39, 0.29) is 18.0 Å². The van der Waals surface area contributed by atoms with Crippen molar-refractivity contribution >= 4 is 17.6 Å². The van der Waals surface area contributed by atoms with Crippen molar-refractivity contribution in [2.24, 2.45) is 0 Å². The Balaban J connectivity index is 1.57. The van der Waals surface area contributed by atoms with Gasteiger partial charge in [-0.2, -0.15) is 0 Å². The summed E-state index contributed by atoms with van der Waals surface area (Å²) in [7, 11) is 0. The number of likely N-dealkylation sites (tertiary alicyclic amines) is 1. The molecule has 0 bridgehead atoms. The van der Waals surface area contributed by atoms with Gasteiger partial charge in [0.1, 0.15) is 0 Å². The van der Waals surface area contributed by atoms with Crippen LogP contribution in [-0.4, -0.2) is 60.1 Å². The molecule has 1 fully saturated rings. The van der Waals surface area contributed by atoms with Gasteiger partial charge in [-0.15, -0.1) is 0 Å². The summed E-state index contributed by atoms with van der Waals surface area (Å²) in [6.45, 7) is 4.62. The van der Waals surface area contributed by atoms with Gasteiger partial charge in [0.2, 0.25) is 5.91 Å². The molecule has 2 aliphatic rings. The lowest BCUT2D eigenvalue weighted by Crippen LogP contribution is -2.48. The highest BCUT2D eigenvalue weighted by atomic mass is 16.4. The van der Waals surface area contributed by atoms with Gasteiger partial charge in [0.15, 0.2) is 0 Å². The van der Waals surface area contributed by atoms with Crippen LogP contribution in [0.25, 0.3) is 0 Å². The Hall–Kier alpha value is -1.92. The first-order chi connectivity index (χ1) is 11.0. The van der Waals surface area contributed by atoms with E-state index >= 15 is 0 Å². The number of carbonyl (C=O) groups is 2. The summed E-state index contributed by atoms with van der Waals surface area (Å²) in [6, 6.07) is 8.05. The summed E-state index contributed by atoms with van der Waals surface area (Å²) in [4.78, 5) is 27.3. The molecule has 6 nitrogen and oxygen atoms in total. The van der Waals surface area contributed by atoms with Crippen molar-refractivity contribution in [3.63, 3.8) is 0 Å². The first-order valence-corrected chi connectivity index (χ1v) is 8.04. The number of benzene rings is 1. The number of carboxylic acid groups (broad SMARTS) is 1. The molecule has 3 rings (SSSR count). The molecule has 23 heavy (non-hydrogen) atoms. The molecule has 0 aliphatic carbocycles. The zero-order valence-electron chi connectivity index (χ0n) is 13.4. The van der Waals surface area contributed by atoms with Gasteiger partial charge >= 0.3 is 5.97 Å². The van der Waals surface area contributed by atoms with Crippen LogP contribution in [0.4, 0.5) is 5.69 Å². The third-order valence-electron chi connectivity index (χ3n) is 4.77. The van der Waals surface area contributed by atoms with Crippen molar-refractivity contribution in [3.8, 4) is 0 Å². The Morgan fingerprint density at radius 1 is 1.30 bits per heavy atom. The van der Waals surface area contributed by atoms with Crippen LogP contribution >= 0.6 is 0 Å². The molecule has 2 aliphatic heterocycles. The molecular formula is C17H23N3O3. The number of rotatable bonds is 5. The lowest BCUT2D eigenvalue weighted by molar-refractivity contribution is -0.136. The zero-order valence-corrected chi connectivity index (χ0v) is 13.4. The molecule has 1 atom stereocenters. The highest BCUT2D eigenvalue weighted by Crippen LogP contribution is 2.28. The summed E-state index contributed by atoms with van der Waals surface area (Å²) in [5, 5.41) is 11.9. The molecule has 1 aromatic rings. The van der Waals surface area contributed by atoms with Crippen molar-refractivity contribution < 1.29 is 14.7 Å². The number of nitrogens with one attached hydrogen (secondary N) is 1. The fourth-order valence-corrected chi connectivity index (χ4v) is 3.50. The van der Waals surface area contributed by atoms with Gasteiger partial charge in [0.05, 0.1) is 13.1 Å². The second-order valence-corrected chi connectivity index (χ2v) is 6.69. The summed E-state index contributed by atoms with van der Waals surface area (Å²) in [5.74, 6) is -0.730. The molecule has 1 amide bonds. The first-order valence-electron chi connectivity index (χ1n) is 8.04. The normalized spacial score (nSPS) is 24.0. The van der Waals surface area contributed by atoms with E-state index in [1.165, 1.54) is 5.56 Å². The van der Waals surface area contributed by atoms with E-state index in [9.17, 15) is 9.59 Å². The maximum Gasteiger partial charge on any atom is 0.317 e. The molecule has 0 spiro atoms. The van der Waals surface area contributed by atoms with Crippen LogP contribution in [-0.2, 0) is 16.0 Å². The number of amides is 1.